The van der Waals surface area contributed by atoms with Crippen molar-refractivity contribution in [1.29, 1.82) is 0 Å². The number of nitrogens with zero attached hydrogens (tertiary/aromatic N) is 1. The summed E-state index contributed by atoms with van der Waals surface area (Å²) in [5.41, 5.74) is 8.87. The lowest BCUT2D eigenvalue weighted by Crippen LogP contribution is -2.23. The molecule has 3 rings (SSSR count). The summed E-state index contributed by atoms with van der Waals surface area (Å²) in [6.45, 7) is 2.11. The number of aliphatic imine (C=N–C) groups is 1. The Balaban J connectivity index is 0.00000192. The number of nitrogens with one attached hydrogen (secondary N) is 1. The molecule has 5 heteroatoms. The molecule has 0 bridgehead atoms. The molecule has 1 aliphatic rings. The molecule has 1 fully saturated rings. The second-order valence-corrected chi connectivity index (χ2v) is 5.62. The number of benzene rings is 2. The van der Waals surface area contributed by atoms with Crippen molar-refractivity contribution in [2.45, 2.75) is 31.7 Å². The van der Waals surface area contributed by atoms with Crippen molar-refractivity contribution in [2.24, 2.45) is 10.7 Å². The number of rotatable bonds is 4. The monoisotopic (exact) mass is 425 g/mol. The van der Waals surface area contributed by atoms with Gasteiger partial charge in [0.05, 0.1) is 6.04 Å². The highest BCUT2D eigenvalue weighted by Gasteiger charge is 2.40. The molecule has 2 atom stereocenters. The Morgan fingerprint density at radius 3 is 2.78 bits per heavy atom. The average Bonchev–Trinajstić information content (AvgIpc) is 3.26. The molecule has 0 amide bonds. The van der Waals surface area contributed by atoms with E-state index >= 15 is 0 Å². The highest BCUT2D eigenvalue weighted by Crippen LogP contribution is 2.44. The fourth-order valence-electron chi connectivity index (χ4n) is 2.66. The van der Waals surface area contributed by atoms with E-state index in [4.69, 9.17) is 5.73 Å². The second kappa shape index (κ2) is 7.77. The normalized spacial score (nSPS) is 19.8. The number of aryl methyl sites for hydroxylation is 1. The standard InChI is InChI=1S/C18H20FN3.HI/c1-2-12-6-5-7-13(10-12)21-18(20)22-17-11-15(17)14-8-3-4-9-16(14)19;/h3-10,15,17H,2,11H2,1H3,(H3,20,21,22);1H. The van der Waals surface area contributed by atoms with Crippen molar-refractivity contribution in [3.63, 3.8) is 0 Å². The highest BCUT2D eigenvalue weighted by atomic mass is 127. The van der Waals surface area contributed by atoms with E-state index in [2.05, 4.69) is 29.4 Å². The van der Waals surface area contributed by atoms with E-state index in [1.807, 2.05) is 24.3 Å². The van der Waals surface area contributed by atoms with Gasteiger partial charge in [-0.1, -0.05) is 37.3 Å². The maximum Gasteiger partial charge on any atom is 0.193 e. The first kappa shape index (κ1) is 17.7. The van der Waals surface area contributed by atoms with Crippen molar-refractivity contribution in [3.05, 3.63) is 65.5 Å². The quantitative estimate of drug-likeness (QED) is 0.436. The molecule has 0 heterocycles. The van der Waals surface area contributed by atoms with Gasteiger partial charge in [0, 0.05) is 11.6 Å². The first-order valence-corrected chi connectivity index (χ1v) is 7.61. The van der Waals surface area contributed by atoms with Gasteiger partial charge >= 0.3 is 0 Å². The molecule has 0 saturated heterocycles. The van der Waals surface area contributed by atoms with Gasteiger partial charge in [0.1, 0.15) is 5.82 Å². The molecule has 23 heavy (non-hydrogen) atoms. The van der Waals surface area contributed by atoms with Crippen LogP contribution in [0.3, 0.4) is 0 Å². The molecule has 3 nitrogen and oxygen atoms in total. The van der Waals surface area contributed by atoms with Gasteiger partial charge in [-0.15, -0.1) is 24.0 Å². The largest absolute Gasteiger partial charge is 0.370 e. The Kier molecular flexibility index (Phi) is 5.98. The minimum absolute atomic E-state index is 0. The average molecular weight is 425 g/mol. The van der Waals surface area contributed by atoms with E-state index < -0.39 is 0 Å². The van der Waals surface area contributed by atoms with Crippen LogP contribution in [0.1, 0.15) is 30.4 Å². The smallest absolute Gasteiger partial charge is 0.193 e. The van der Waals surface area contributed by atoms with Gasteiger partial charge in [0.25, 0.3) is 0 Å². The zero-order valence-corrected chi connectivity index (χ0v) is 15.3. The van der Waals surface area contributed by atoms with Crippen molar-refractivity contribution in [3.8, 4) is 0 Å². The van der Waals surface area contributed by atoms with Crippen LogP contribution in [0.25, 0.3) is 0 Å². The lowest BCUT2D eigenvalue weighted by atomic mass is 10.1. The molecule has 1 saturated carbocycles. The second-order valence-electron chi connectivity index (χ2n) is 5.62. The van der Waals surface area contributed by atoms with Crippen LogP contribution in [0.5, 0.6) is 0 Å². The van der Waals surface area contributed by atoms with Gasteiger partial charge in [-0.25, -0.2) is 9.38 Å². The topological polar surface area (TPSA) is 50.4 Å². The van der Waals surface area contributed by atoms with Gasteiger partial charge in [0.2, 0.25) is 0 Å². The third kappa shape index (κ3) is 4.43. The summed E-state index contributed by atoms with van der Waals surface area (Å²) in [6, 6.07) is 15.0. The fourth-order valence-corrected chi connectivity index (χ4v) is 2.66. The maximum absolute atomic E-state index is 13.7. The molecule has 0 aliphatic heterocycles. The predicted octanol–water partition coefficient (Wildman–Crippen LogP) is 4.29. The Hall–Kier alpha value is -1.63. The third-order valence-corrected chi connectivity index (χ3v) is 3.97. The number of hydrogen-bond donors (Lipinski definition) is 2. The Bertz CT molecular complexity index is 702. The van der Waals surface area contributed by atoms with Crippen LogP contribution in [0.4, 0.5) is 10.1 Å². The van der Waals surface area contributed by atoms with Crippen LogP contribution < -0.4 is 11.1 Å². The number of halogens is 2. The van der Waals surface area contributed by atoms with Gasteiger partial charge in [-0.2, -0.15) is 0 Å². The Labute approximate surface area is 153 Å². The van der Waals surface area contributed by atoms with Gasteiger partial charge in [0.15, 0.2) is 5.96 Å². The van der Waals surface area contributed by atoms with Crippen LogP contribution in [-0.2, 0) is 6.42 Å². The zero-order valence-electron chi connectivity index (χ0n) is 13.0. The molecule has 2 aromatic carbocycles. The molecule has 1 aliphatic carbocycles. The minimum atomic E-state index is -0.160. The summed E-state index contributed by atoms with van der Waals surface area (Å²) in [6.07, 6.45) is 1.82. The molecule has 122 valence electrons. The van der Waals surface area contributed by atoms with Gasteiger partial charge in [-0.3, -0.25) is 0 Å². The molecule has 0 radical (unpaired) electrons. The van der Waals surface area contributed by atoms with Crippen LogP contribution in [0, 0.1) is 5.82 Å². The highest BCUT2D eigenvalue weighted by molar-refractivity contribution is 14.0. The first-order valence-electron chi connectivity index (χ1n) is 7.61. The summed E-state index contributed by atoms with van der Waals surface area (Å²) >= 11 is 0. The summed E-state index contributed by atoms with van der Waals surface area (Å²) in [5, 5.41) is 3.11. The summed E-state index contributed by atoms with van der Waals surface area (Å²) < 4.78 is 13.7. The zero-order chi connectivity index (χ0) is 15.5. The van der Waals surface area contributed by atoms with E-state index in [9.17, 15) is 4.39 Å². The Morgan fingerprint density at radius 1 is 1.26 bits per heavy atom. The summed E-state index contributed by atoms with van der Waals surface area (Å²) in [5.74, 6) is 0.369. The SMILES string of the molecule is CCc1cccc(NC(N)=NC2CC2c2ccccc2F)c1.I. The molecule has 2 unspecified atom stereocenters. The van der Waals surface area contributed by atoms with Gasteiger partial charge < -0.3 is 11.1 Å². The fraction of sp³-hybridized carbons (Fsp3) is 0.278. The summed E-state index contributed by atoms with van der Waals surface area (Å²) in [4.78, 5) is 4.45. The van der Waals surface area contributed by atoms with E-state index in [0.717, 1.165) is 24.1 Å². The Morgan fingerprint density at radius 2 is 2.04 bits per heavy atom. The minimum Gasteiger partial charge on any atom is -0.370 e. The molecule has 0 spiro atoms. The van der Waals surface area contributed by atoms with Crippen LogP contribution >= 0.6 is 24.0 Å². The number of anilines is 1. The maximum atomic E-state index is 13.7. The van der Waals surface area contributed by atoms with Crippen molar-refractivity contribution in [1.82, 2.24) is 0 Å². The van der Waals surface area contributed by atoms with E-state index in [0.29, 0.717) is 5.96 Å². The van der Waals surface area contributed by atoms with Crippen molar-refractivity contribution < 1.29 is 4.39 Å². The molecule has 3 N–H and O–H groups in total. The molecule has 2 aromatic rings. The van der Waals surface area contributed by atoms with E-state index in [-0.39, 0.29) is 41.8 Å². The van der Waals surface area contributed by atoms with Gasteiger partial charge in [-0.05, 0) is 42.2 Å². The summed E-state index contributed by atoms with van der Waals surface area (Å²) in [7, 11) is 0. The van der Waals surface area contributed by atoms with Crippen LogP contribution in [0.15, 0.2) is 53.5 Å². The van der Waals surface area contributed by atoms with Crippen LogP contribution in [-0.4, -0.2) is 12.0 Å². The third-order valence-electron chi connectivity index (χ3n) is 3.97. The molecular weight excluding hydrogens is 404 g/mol. The van der Waals surface area contributed by atoms with E-state index in [1.54, 1.807) is 6.07 Å². The number of guanidine groups is 1. The predicted molar refractivity (Wildman–Crippen MR) is 104 cm³/mol. The lowest BCUT2D eigenvalue weighted by molar-refractivity contribution is 0.609. The van der Waals surface area contributed by atoms with Crippen molar-refractivity contribution in [2.75, 3.05) is 5.32 Å². The number of nitrogens with two attached hydrogens (primary N) is 1. The molecular formula is C18H21FIN3. The van der Waals surface area contributed by atoms with Crippen molar-refractivity contribution >= 4 is 35.6 Å². The van der Waals surface area contributed by atoms with E-state index in [1.165, 1.54) is 11.6 Å². The lowest BCUT2D eigenvalue weighted by Gasteiger charge is -2.07. The first-order chi connectivity index (χ1) is 10.7. The number of hydrogen-bond acceptors (Lipinski definition) is 1. The van der Waals surface area contributed by atoms with Crippen LogP contribution in [0.2, 0.25) is 0 Å². The molecule has 0 aromatic heterocycles.